The van der Waals surface area contributed by atoms with Gasteiger partial charge in [-0.25, -0.2) is 9.59 Å². The van der Waals surface area contributed by atoms with Gasteiger partial charge in [-0.15, -0.1) is 0 Å². The molecule has 0 bridgehead atoms. The van der Waals surface area contributed by atoms with Crippen molar-refractivity contribution in [3.8, 4) is 0 Å². The number of benzene rings is 2. The second kappa shape index (κ2) is 10.2. The van der Waals surface area contributed by atoms with Gasteiger partial charge in [-0.1, -0.05) is 24.3 Å². The zero-order chi connectivity index (χ0) is 23.1. The molecule has 0 saturated carbocycles. The van der Waals surface area contributed by atoms with E-state index in [1.807, 2.05) is 0 Å². The van der Waals surface area contributed by atoms with Crippen LogP contribution in [0, 0.1) is 20.2 Å². The van der Waals surface area contributed by atoms with E-state index in [9.17, 15) is 29.8 Å². The number of nitro benzene ring substituents is 2. The van der Waals surface area contributed by atoms with Gasteiger partial charge in [-0.2, -0.15) is 0 Å². The predicted molar refractivity (Wildman–Crippen MR) is 110 cm³/mol. The first-order chi connectivity index (χ1) is 15.4. The Morgan fingerprint density at radius 1 is 0.719 bits per heavy atom. The summed E-state index contributed by atoms with van der Waals surface area (Å²) in [5, 5.41) is 22.1. The van der Waals surface area contributed by atoms with Crippen LogP contribution in [0.5, 0.6) is 0 Å². The number of carbonyl (C=O) groups excluding carboxylic acids is 2. The van der Waals surface area contributed by atoms with Crippen LogP contribution in [-0.2, 0) is 22.7 Å². The maximum atomic E-state index is 12.3. The van der Waals surface area contributed by atoms with E-state index in [2.05, 4.69) is 0 Å². The molecule has 0 spiro atoms. The van der Waals surface area contributed by atoms with Gasteiger partial charge < -0.3 is 19.3 Å². The average molecular weight is 444 g/mol. The number of amides is 2. The highest BCUT2D eigenvalue weighted by molar-refractivity contribution is 5.70. The van der Waals surface area contributed by atoms with E-state index in [0.29, 0.717) is 0 Å². The van der Waals surface area contributed by atoms with Crippen molar-refractivity contribution < 1.29 is 28.9 Å². The van der Waals surface area contributed by atoms with E-state index in [4.69, 9.17) is 9.47 Å². The van der Waals surface area contributed by atoms with Crippen LogP contribution in [0.15, 0.2) is 48.5 Å². The molecule has 2 aromatic rings. The van der Waals surface area contributed by atoms with Crippen LogP contribution >= 0.6 is 0 Å². The summed E-state index contributed by atoms with van der Waals surface area (Å²) in [6.07, 6.45) is -1.29. The third-order valence-electron chi connectivity index (χ3n) is 4.87. The van der Waals surface area contributed by atoms with Crippen LogP contribution in [0.3, 0.4) is 0 Å². The summed E-state index contributed by atoms with van der Waals surface area (Å²) in [6, 6.07) is 12.0. The smallest absolute Gasteiger partial charge is 0.410 e. The van der Waals surface area contributed by atoms with Crippen molar-refractivity contribution in [2.24, 2.45) is 0 Å². The average Bonchev–Trinajstić information content (AvgIpc) is 2.81. The normalized spacial score (nSPS) is 13.4. The molecule has 0 N–H and O–H groups in total. The lowest BCUT2D eigenvalue weighted by Gasteiger charge is -2.33. The number of carbonyl (C=O) groups is 2. The molecule has 3 rings (SSSR count). The van der Waals surface area contributed by atoms with Crippen molar-refractivity contribution in [2.75, 3.05) is 26.2 Å². The quantitative estimate of drug-likeness (QED) is 0.488. The van der Waals surface area contributed by atoms with Crippen molar-refractivity contribution in [3.63, 3.8) is 0 Å². The molecule has 32 heavy (non-hydrogen) atoms. The summed E-state index contributed by atoms with van der Waals surface area (Å²) in [7, 11) is 0. The number of para-hydroxylation sites is 2. The van der Waals surface area contributed by atoms with Gasteiger partial charge in [-0.05, 0) is 12.1 Å². The van der Waals surface area contributed by atoms with E-state index in [0.717, 1.165) is 0 Å². The molecule has 1 fully saturated rings. The predicted octanol–water partition coefficient (Wildman–Crippen LogP) is 3.09. The molecular formula is C20H20N4O8. The topological polar surface area (TPSA) is 145 Å². The lowest BCUT2D eigenvalue weighted by atomic mass is 10.2. The number of piperazine rings is 1. The lowest BCUT2D eigenvalue weighted by Crippen LogP contribution is -2.50. The van der Waals surface area contributed by atoms with Gasteiger partial charge >= 0.3 is 12.2 Å². The number of rotatable bonds is 6. The molecule has 1 heterocycles. The molecule has 1 saturated heterocycles. The Labute approximate surface area is 182 Å². The molecule has 0 aromatic heterocycles. The van der Waals surface area contributed by atoms with Gasteiger partial charge in [0.05, 0.1) is 21.0 Å². The van der Waals surface area contributed by atoms with Gasteiger partial charge in [0, 0.05) is 38.3 Å². The molecule has 0 unspecified atom stereocenters. The number of hydrogen-bond acceptors (Lipinski definition) is 8. The SMILES string of the molecule is O=C(OCc1ccccc1[N+](=O)[O-])N1CCN(C(=O)OCc2ccccc2[N+](=O)[O-])CC1. The van der Waals surface area contributed by atoms with E-state index in [1.165, 1.54) is 46.2 Å². The summed E-state index contributed by atoms with van der Waals surface area (Å²) in [4.78, 5) is 48.3. The van der Waals surface area contributed by atoms with Crippen molar-refractivity contribution in [1.29, 1.82) is 0 Å². The Balaban J connectivity index is 1.46. The Morgan fingerprint density at radius 2 is 1.06 bits per heavy atom. The molecule has 2 amide bonds. The van der Waals surface area contributed by atoms with Crippen molar-refractivity contribution in [3.05, 3.63) is 79.9 Å². The zero-order valence-corrected chi connectivity index (χ0v) is 16.9. The third kappa shape index (κ3) is 5.47. The lowest BCUT2D eigenvalue weighted by molar-refractivity contribution is -0.386. The molecule has 0 radical (unpaired) electrons. The monoisotopic (exact) mass is 444 g/mol. The van der Waals surface area contributed by atoms with Crippen LogP contribution in [0.1, 0.15) is 11.1 Å². The van der Waals surface area contributed by atoms with E-state index in [-0.39, 0.29) is 61.9 Å². The van der Waals surface area contributed by atoms with Gasteiger partial charge in [0.2, 0.25) is 0 Å². The fourth-order valence-electron chi connectivity index (χ4n) is 3.16. The number of hydrogen-bond donors (Lipinski definition) is 0. The molecule has 1 aliphatic heterocycles. The first kappa shape index (κ1) is 22.5. The van der Waals surface area contributed by atoms with Crippen LogP contribution < -0.4 is 0 Å². The number of nitro groups is 2. The van der Waals surface area contributed by atoms with Gasteiger partial charge in [0.15, 0.2) is 0 Å². The summed E-state index contributed by atoms with van der Waals surface area (Å²) in [5.41, 5.74) is 0.296. The van der Waals surface area contributed by atoms with Crippen molar-refractivity contribution >= 4 is 23.6 Å². The molecule has 12 nitrogen and oxygen atoms in total. The summed E-state index contributed by atoms with van der Waals surface area (Å²) < 4.78 is 10.4. The zero-order valence-electron chi connectivity index (χ0n) is 16.9. The van der Waals surface area contributed by atoms with Gasteiger partial charge in [0.25, 0.3) is 11.4 Å². The second-order valence-electron chi connectivity index (χ2n) is 6.85. The fraction of sp³-hybridized carbons (Fsp3) is 0.300. The van der Waals surface area contributed by atoms with Crippen LogP contribution in [-0.4, -0.2) is 58.0 Å². The first-order valence-corrected chi connectivity index (χ1v) is 9.65. The maximum Gasteiger partial charge on any atom is 0.410 e. The first-order valence-electron chi connectivity index (χ1n) is 9.65. The Morgan fingerprint density at radius 3 is 1.41 bits per heavy atom. The summed E-state index contributed by atoms with van der Waals surface area (Å²) >= 11 is 0. The Kier molecular flexibility index (Phi) is 7.16. The highest BCUT2D eigenvalue weighted by Crippen LogP contribution is 2.20. The highest BCUT2D eigenvalue weighted by Gasteiger charge is 2.27. The second-order valence-corrected chi connectivity index (χ2v) is 6.85. The van der Waals surface area contributed by atoms with E-state index < -0.39 is 22.0 Å². The van der Waals surface area contributed by atoms with Gasteiger partial charge in [0.1, 0.15) is 13.2 Å². The van der Waals surface area contributed by atoms with Crippen LogP contribution in [0.2, 0.25) is 0 Å². The Bertz CT molecular complexity index is 939. The van der Waals surface area contributed by atoms with Crippen molar-refractivity contribution in [2.45, 2.75) is 13.2 Å². The Hall–Kier alpha value is -4.22. The molecule has 1 aliphatic rings. The standard InChI is InChI=1S/C20H20N4O8/c25-19(31-13-15-5-1-3-7-17(15)23(27)28)21-9-11-22(12-10-21)20(26)32-14-16-6-2-4-8-18(16)24(29)30/h1-8H,9-14H2. The van der Waals surface area contributed by atoms with Crippen LogP contribution in [0.25, 0.3) is 0 Å². The van der Waals surface area contributed by atoms with Gasteiger partial charge in [-0.3, -0.25) is 20.2 Å². The molecule has 2 aromatic carbocycles. The van der Waals surface area contributed by atoms with E-state index in [1.54, 1.807) is 12.1 Å². The maximum absolute atomic E-state index is 12.3. The molecule has 0 atom stereocenters. The van der Waals surface area contributed by atoms with E-state index >= 15 is 0 Å². The summed E-state index contributed by atoms with van der Waals surface area (Å²) in [5.74, 6) is 0. The molecule has 168 valence electrons. The molecule has 12 heteroatoms. The number of nitrogens with zero attached hydrogens (tertiary/aromatic N) is 4. The minimum Gasteiger partial charge on any atom is -0.444 e. The highest BCUT2D eigenvalue weighted by atomic mass is 16.6. The fourth-order valence-corrected chi connectivity index (χ4v) is 3.16. The third-order valence-corrected chi connectivity index (χ3v) is 4.87. The van der Waals surface area contributed by atoms with Crippen molar-refractivity contribution in [1.82, 2.24) is 9.80 Å². The number of ether oxygens (including phenoxy) is 2. The van der Waals surface area contributed by atoms with Crippen LogP contribution in [0.4, 0.5) is 21.0 Å². The molecule has 0 aliphatic carbocycles. The summed E-state index contributed by atoms with van der Waals surface area (Å²) in [6.45, 7) is 0.279. The largest absolute Gasteiger partial charge is 0.444 e. The minimum atomic E-state index is -0.643. The minimum absolute atomic E-state index is 0.133. The molecular weight excluding hydrogens is 424 g/mol.